The number of amides is 1. The zero-order valence-corrected chi connectivity index (χ0v) is 7.37. The maximum absolute atomic E-state index is 10.5. The second-order valence-corrected chi connectivity index (χ2v) is 2.70. The highest BCUT2D eigenvalue weighted by molar-refractivity contribution is 5.72. The number of hydrogen-bond acceptors (Lipinski definition) is 2. The van der Waals surface area contributed by atoms with E-state index in [1.807, 2.05) is 23.9 Å². The van der Waals surface area contributed by atoms with Gasteiger partial charge in [-0.2, -0.15) is 5.10 Å². The highest BCUT2D eigenvalue weighted by Crippen LogP contribution is 1.90. The number of aromatic nitrogens is 2. The molecule has 0 bridgehead atoms. The summed E-state index contributed by atoms with van der Waals surface area (Å²) in [5, 5.41) is 6.88. The fourth-order valence-corrected chi connectivity index (χ4v) is 0.934. The van der Waals surface area contributed by atoms with Crippen molar-refractivity contribution in [1.82, 2.24) is 15.1 Å². The van der Waals surface area contributed by atoms with Gasteiger partial charge in [0.25, 0.3) is 0 Å². The van der Waals surface area contributed by atoms with Crippen molar-refractivity contribution in [2.75, 3.05) is 6.54 Å². The van der Waals surface area contributed by atoms with E-state index in [2.05, 4.69) is 10.4 Å². The molecule has 1 heterocycles. The summed E-state index contributed by atoms with van der Waals surface area (Å²) in [5.41, 5.74) is 0.998. The first-order chi connectivity index (χ1) is 5.68. The number of aryl methyl sites for hydroxylation is 1. The lowest BCUT2D eigenvalue weighted by Gasteiger charge is -2.01. The minimum absolute atomic E-state index is 0.00104. The van der Waals surface area contributed by atoms with E-state index < -0.39 is 0 Å². The minimum Gasteiger partial charge on any atom is -0.354 e. The summed E-state index contributed by atoms with van der Waals surface area (Å²) in [6.45, 7) is 4.81. The quantitative estimate of drug-likeness (QED) is 0.705. The fourth-order valence-electron chi connectivity index (χ4n) is 0.934. The molecule has 1 amide bonds. The average molecular weight is 167 g/mol. The van der Waals surface area contributed by atoms with Gasteiger partial charge in [-0.1, -0.05) is 0 Å². The third kappa shape index (κ3) is 2.74. The molecule has 1 aromatic rings. The second-order valence-electron chi connectivity index (χ2n) is 2.70. The third-order valence-corrected chi connectivity index (χ3v) is 1.49. The molecule has 1 N–H and O–H groups in total. The first-order valence-corrected chi connectivity index (χ1v) is 3.93. The van der Waals surface area contributed by atoms with Crippen molar-refractivity contribution >= 4 is 5.91 Å². The van der Waals surface area contributed by atoms with Crippen molar-refractivity contribution in [2.24, 2.45) is 0 Å². The van der Waals surface area contributed by atoms with Crippen LogP contribution in [0.2, 0.25) is 0 Å². The Morgan fingerprint density at radius 3 is 3.00 bits per heavy atom. The van der Waals surface area contributed by atoms with E-state index in [-0.39, 0.29) is 5.91 Å². The summed E-state index contributed by atoms with van der Waals surface area (Å²) in [7, 11) is 0. The molecule has 1 aromatic heterocycles. The first kappa shape index (κ1) is 8.77. The Kier molecular flexibility index (Phi) is 2.85. The zero-order chi connectivity index (χ0) is 8.97. The smallest absolute Gasteiger partial charge is 0.216 e. The van der Waals surface area contributed by atoms with Crippen LogP contribution in [0.1, 0.15) is 12.6 Å². The molecular weight excluding hydrogens is 154 g/mol. The van der Waals surface area contributed by atoms with E-state index in [0.717, 1.165) is 12.2 Å². The van der Waals surface area contributed by atoms with Crippen molar-refractivity contribution in [2.45, 2.75) is 20.4 Å². The summed E-state index contributed by atoms with van der Waals surface area (Å²) < 4.78 is 1.81. The molecule has 0 radical (unpaired) electrons. The number of nitrogens with one attached hydrogen (secondary N) is 1. The van der Waals surface area contributed by atoms with Gasteiger partial charge in [0.15, 0.2) is 0 Å². The second kappa shape index (κ2) is 3.90. The maximum atomic E-state index is 10.5. The molecule has 12 heavy (non-hydrogen) atoms. The van der Waals surface area contributed by atoms with E-state index in [1.54, 1.807) is 0 Å². The standard InChI is InChI=1S/C8H13N3O/c1-7-3-5-11(10-7)6-4-9-8(2)12/h3,5H,4,6H2,1-2H3,(H,9,12). The van der Waals surface area contributed by atoms with Crippen molar-refractivity contribution < 1.29 is 4.79 Å². The van der Waals surface area contributed by atoms with Crippen LogP contribution in [0.15, 0.2) is 12.3 Å². The topological polar surface area (TPSA) is 46.9 Å². The Bertz CT molecular complexity index is 267. The van der Waals surface area contributed by atoms with E-state index in [0.29, 0.717) is 6.54 Å². The maximum Gasteiger partial charge on any atom is 0.216 e. The van der Waals surface area contributed by atoms with Gasteiger partial charge < -0.3 is 5.32 Å². The van der Waals surface area contributed by atoms with Gasteiger partial charge in [0.2, 0.25) is 5.91 Å². The Morgan fingerprint density at radius 1 is 1.75 bits per heavy atom. The Hall–Kier alpha value is -1.32. The highest BCUT2D eigenvalue weighted by Gasteiger charge is 1.93. The Balaban J connectivity index is 2.29. The molecule has 0 atom stereocenters. The summed E-state index contributed by atoms with van der Waals surface area (Å²) in [6.07, 6.45) is 1.90. The number of carbonyl (C=O) groups excluding carboxylic acids is 1. The predicted molar refractivity (Wildman–Crippen MR) is 45.6 cm³/mol. The highest BCUT2D eigenvalue weighted by atomic mass is 16.1. The van der Waals surface area contributed by atoms with Gasteiger partial charge in [0.05, 0.1) is 12.2 Å². The molecule has 66 valence electrons. The van der Waals surface area contributed by atoms with Crippen LogP contribution in [0.3, 0.4) is 0 Å². The van der Waals surface area contributed by atoms with Crippen LogP contribution in [0.25, 0.3) is 0 Å². The molecule has 0 fully saturated rings. The summed E-state index contributed by atoms with van der Waals surface area (Å²) in [6, 6.07) is 1.94. The van der Waals surface area contributed by atoms with Gasteiger partial charge in [-0.25, -0.2) is 0 Å². The van der Waals surface area contributed by atoms with Crippen molar-refractivity contribution in [1.29, 1.82) is 0 Å². The number of nitrogens with zero attached hydrogens (tertiary/aromatic N) is 2. The van der Waals surface area contributed by atoms with Crippen LogP contribution in [-0.4, -0.2) is 22.2 Å². The molecule has 0 aliphatic heterocycles. The van der Waals surface area contributed by atoms with Crippen LogP contribution in [-0.2, 0) is 11.3 Å². The number of carbonyl (C=O) groups is 1. The van der Waals surface area contributed by atoms with Gasteiger partial charge >= 0.3 is 0 Å². The molecule has 4 nitrogen and oxygen atoms in total. The summed E-state index contributed by atoms with van der Waals surface area (Å²) >= 11 is 0. The summed E-state index contributed by atoms with van der Waals surface area (Å²) in [5.74, 6) is -0.00104. The van der Waals surface area contributed by atoms with Crippen LogP contribution in [0.4, 0.5) is 0 Å². The zero-order valence-electron chi connectivity index (χ0n) is 7.37. The molecule has 0 saturated heterocycles. The van der Waals surface area contributed by atoms with Crippen LogP contribution < -0.4 is 5.32 Å². The Morgan fingerprint density at radius 2 is 2.50 bits per heavy atom. The predicted octanol–water partition coefficient (Wildman–Crippen LogP) is 0.328. The molecule has 0 aliphatic carbocycles. The van der Waals surface area contributed by atoms with Gasteiger partial charge in [-0.15, -0.1) is 0 Å². The SMILES string of the molecule is CC(=O)NCCn1ccc(C)n1. The van der Waals surface area contributed by atoms with E-state index in [9.17, 15) is 4.79 Å². The van der Waals surface area contributed by atoms with E-state index in [4.69, 9.17) is 0 Å². The lowest BCUT2D eigenvalue weighted by atomic mass is 10.5. The average Bonchev–Trinajstić information content (AvgIpc) is 2.35. The minimum atomic E-state index is -0.00104. The third-order valence-electron chi connectivity index (χ3n) is 1.49. The summed E-state index contributed by atoms with van der Waals surface area (Å²) in [4.78, 5) is 10.5. The molecule has 0 saturated carbocycles. The monoisotopic (exact) mass is 167 g/mol. The first-order valence-electron chi connectivity index (χ1n) is 3.93. The molecule has 0 aromatic carbocycles. The molecular formula is C8H13N3O. The molecule has 0 unspecified atom stereocenters. The van der Waals surface area contributed by atoms with Crippen molar-refractivity contribution in [3.8, 4) is 0 Å². The van der Waals surface area contributed by atoms with E-state index in [1.165, 1.54) is 6.92 Å². The van der Waals surface area contributed by atoms with Crippen LogP contribution in [0, 0.1) is 6.92 Å². The van der Waals surface area contributed by atoms with Crippen molar-refractivity contribution in [3.05, 3.63) is 18.0 Å². The van der Waals surface area contributed by atoms with Gasteiger partial charge in [-0.3, -0.25) is 9.48 Å². The van der Waals surface area contributed by atoms with E-state index >= 15 is 0 Å². The van der Waals surface area contributed by atoms with Crippen LogP contribution in [0.5, 0.6) is 0 Å². The van der Waals surface area contributed by atoms with Gasteiger partial charge in [0.1, 0.15) is 0 Å². The number of hydrogen-bond donors (Lipinski definition) is 1. The lowest BCUT2D eigenvalue weighted by Crippen LogP contribution is -2.24. The fraction of sp³-hybridized carbons (Fsp3) is 0.500. The molecule has 0 spiro atoms. The Labute approximate surface area is 71.6 Å². The molecule has 4 heteroatoms. The molecule has 0 aliphatic rings. The lowest BCUT2D eigenvalue weighted by molar-refractivity contribution is -0.118. The normalized spacial score (nSPS) is 9.83. The van der Waals surface area contributed by atoms with Gasteiger partial charge in [-0.05, 0) is 13.0 Å². The van der Waals surface area contributed by atoms with Crippen molar-refractivity contribution in [3.63, 3.8) is 0 Å². The largest absolute Gasteiger partial charge is 0.354 e. The molecule has 1 rings (SSSR count). The number of rotatable bonds is 3. The van der Waals surface area contributed by atoms with Crippen LogP contribution >= 0.6 is 0 Å². The van der Waals surface area contributed by atoms with Gasteiger partial charge in [0, 0.05) is 19.7 Å².